The molecule has 2 aromatic carbocycles. The van der Waals surface area contributed by atoms with Gasteiger partial charge < -0.3 is 14.4 Å². The van der Waals surface area contributed by atoms with Gasteiger partial charge in [0.15, 0.2) is 11.5 Å². The molecule has 5 nitrogen and oxygen atoms in total. The van der Waals surface area contributed by atoms with Crippen molar-refractivity contribution in [3.63, 3.8) is 0 Å². The van der Waals surface area contributed by atoms with Gasteiger partial charge in [0.2, 0.25) is 5.82 Å². The fraction of sp³-hybridized carbons (Fsp3) is 0.263. The van der Waals surface area contributed by atoms with E-state index in [1.54, 1.807) is 48.3 Å². The molecule has 0 aliphatic rings. The fourth-order valence-electron chi connectivity index (χ4n) is 2.81. The number of nitrogens with zero attached hydrogens (tertiary/aromatic N) is 3. The Morgan fingerprint density at radius 1 is 0.963 bits per heavy atom. The molecule has 27 heavy (non-hydrogen) atoms. The molecular weight excluding hydrogens is 359 g/mol. The van der Waals surface area contributed by atoms with E-state index in [0.717, 1.165) is 5.56 Å². The first-order chi connectivity index (χ1) is 12.8. The number of aromatic nitrogens is 2. The lowest BCUT2D eigenvalue weighted by atomic mass is 10.1. The molecule has 1 heterocycles. The summed E-state index contributed by atoms with van der Waals surface area (Å²) in [4.78, 5) is 9.08. The summed E-state index contributed by atoms with van der Waals surface area (Å²) in [6.07, 6.45) is -4.62. The number of methoxy groups -OCH3 is 2. The lowest BCUT2D eigenvalue weighted by Gasteiger charge is -2.21. The molecule has 0 spiro atoms. The highest BCUT2D eigenvalue weighted by atomic mass is 19.4. The smallest absolute Gasteiger partial charge is 0.451 e. The maximum atomic E-state index is 13.2. The minimum atomic E-state index is -4.62. The van der Waals surface area contributed by atoms with Crippen molar-refractivity contribution in [3.8, 4) is 11.5 Å². The van der Waals surface area contributed by atoms with Gasteiger partial charge in [-0.1, -0.05) is 18.2 Å². The summed E-state index contributed by atoms with van der Waals surface area (Å²) in [5, 5.41) is 0.550. The molecule has 0 amide bonds. The van der Waals surface area contributed by atoms with Gasteiger partial charge in [0.25, 0.3) is 0 Å². The summed E-state index contributed by atoms with van der Waals surface area (Å²) in [6, 6.07) is 12.0. The lowest BCUT2D eigenvalue weighted by Crippen LogP contribution is -2.21. The maximum absolute atomic E-state index is 13.2. The van der Waals surface area contributed by atoms with Crippen LogP contribution in [-0.2, 0) is 12.7 Å². The summed E-state index contributed by atoms with van der Waals surface area (Å²) in [5.41, 5.74) is 1.08. The Bertz CT molecular complexity index is 961. The van der Waals surface area contributed by atoms with Gasteiger partial charge in [0.1, 0.15) is 5.82 Å². The number of anilines is 1. The minimum absolute atomic E-state index is 0.211. The zero-order chi connectivity index (χ0) is 19.6. The van der Waals surface area contributed by atoms with Crippen LogP contribution in [0.4, 0.5) is 19.0 Å². The third-order valence-electron chi connectivity index (χ3n) is 4.07. The van der Waals surface area contributed by atoms with E-state index < -0.39 is 12.0 Å². The van der Waals surface area contributed by atoms with Gasteiger partial charge in [0.05, 0.1) is 19.7 Å². The number of alkyl halides is 3. The molecule has 0 bridgehead atoms. The molecule has 0 saturated carbocycles. The van der Waals surface area contributed by atoms with Crippen LogP contribution in [0.2, 0.25) is 0 Å². The van der Waals surface area contributed by atoms with Gasteiger partial charge in [-0.3, -0.25) is 0 Å². The van der Waals surface area contributed by atoms with Crippen LogP contribution in [0.5, 0.6) is 11.5 Å². The topological polar surface area (TPSA) is 47.5 Å². The first-order valence-corrected chi connectivity index (χ1v) is 8.09. The monoisotopic (exact) mass is 377 g/mol. The van der Waals surface area contributed by atoms with Crippen LogP contribution >= 0.6 is 0 Å². The Morgan fingerprint density at radius 3 is 2.33 bits per heavy atom. The van der Waals surface area contributed by atoms with Crippen molar-refractivity contribution in [2.24, 2.45) is 0 Å². The average molecular weight is 377 g/mol. The van der Waals surface area contributed by atoms with Gasteiger partial charge >= 0.3 is 6.18 Å². The molecule has 0 aliphatic carbocycles. The maximum Gasteiger partial charge on any atom is 0.451 e. The van der Waals surface area contributed by atoms with E-state index >= 15 is 0 Å². The van der Waals surface area contributed by atoms with Gasteiger partial charge in [-0.2, -0.15) is 13.2 Å². The summed E-state index contributed by atoms with van der Waals surface area (Å²) < 4.78 is 50.1. The van der Waals surface area contributed by atoms with Crippen LogP contribution in [-0.4, -0.2) is 31.2 Å². The van der Waals surface area contributed by atoms with Crippen molar-refractivity contribution < 1.29 is 22.6 Å². The molecule has 0 unspecified atom stereocenters. The third-order valence-corrected chi connectivity index (χ3v) is 4.07. The normalized spacial score (nSPS) is 11.5. The highest BCUT2D eigenvalue weighted by Crippen LogP contribution is 2.33. The van der Waals surface area contributed by atoms with E-state index in [4.69, 9.17) is 9.47 Å². The molecule has 8 heteroatoms. The Labute approximate surface area is 154 Å². The standard InChI is InChI=1S/C19H18F3N3O2/c1-25(11-12-8-9-15(26-2)16(10-12)27-3)17-13-6-4-5-7-14(13)23-18(24-17)19(20,21)22/h4-10H,11H2,1-3H3. The lowest BCUT2D eigenvalue weighted by molar-refractivity contribution is -0.144. The number of ether oxygens (including phenoxy) is 2. The van der Waals surface area contributed by atoms with Crippen LogP contribution in [0.1, 0.15) is 11.4 Å². The largest absolute Gasteiger partial charge is 0.493 e. The van der Waals surface area contributed by atoms with E-state index in [-0.39, 0.29) is 11.3 Å². The molecule has 0 atom stereocenters. The Hall–Kier alpha value is -3.03. The van der Waals surface area contributed by atoms with Crippen LogP contribution in [0, 0.1) is 0 Å². The molecular formula is C19H18F3N3O2. The van der Waals surface area contributed by atoms with Crippen LogP contribution < -0.4 is 14.4 Å². The molecule has 3 rings (SSSR count). The van der Waals surface area contributed by atoms with E-state index in [1.807, 2.05) is 6.07 Å². The number of hydrogen-bond acceptors (Lipinski definition) is 5. The van der Waals surface area contributed by atoms with Crippen molar-refractivity contribution in [3.05, 3.63) is 53.9 Å². The first kappa shape index (κ1) is 18.8. The van der Waals surface area contributed by atoms with Crippen LogP contribution in [0.15, 0.2) is 42.5 Å². The van der Waals surface area contributed by atoms with E-state index in [0.29, 0.717) is 23.4 Å². The first-order valence-electron chi connectivity index (χ1n) is 8.09. The minimum Gasteiger partial charge on any atom is -0.493 e. The molecule has 142 valence electrons. The van der Waals surface area contributed by atoms with E-state index in [9.17, 15) is 13.2 Å². The van der Waals surface area contributed by atoms with Crippen molar-refractivity contribution >= 4 is 16.7 Å². The Morgan fingerprint density at radius 2 is 1.67 bits per heavy atom. The second kappa shape index (κ2) is 7.30. The quantitative estimate of drug-likeness (QED) is 0.663. The van der Waals surface area contributed by atoms with Crippen molar-refractivity contribution in [2.75, 3.05) is 26.2 Å². The highest BCUT2D eigenvalue weighted by molar-refractivity contribution is 5.89. The number of rotatable bonds is 5. The van der Waals surface area contributed by atoms with Crippen molar-refractivity contribution in [1.82, 2.24) is 9.97 Å². The zero-order valence-corrected chi connectivity index (χ0v) is 15.0. The number of para-hydroxylation sites is 1. The number of fused-ring (bicyclic) bond motifs is 1. The molecule has 0 saturated heterocycles. The summed E-state index contributed by atoms with van der Waals surface area (Å²) in [5.74, 6) is 0.181. The SMILES string of the molecule is COc1ccc(CN(C)c2nc(C(F)(F)F)nc3ccccc23)cc1OC. The fourth-order valence-corrected chi connectivity index (χ4v) is 2.81. The highest BCUT2D eigenvalue weighted by Gasteiger charge is 2.35. The van der Waals surface area contributed by atoms with Gasteiger partial charge in [0, 0.05) is 19.0 Å². The number of halogens is 3. The average Bonchev–Trinajstić information content (AvgIpc) is 2.66. The Balaban J connectivity index is 2.01. The van der Waals surface area contributed by atoms with Gasteiger partial charge in [-0.25, -0.2) is 9.97 Å². The number of benzene rings is 2. The van der Waals surface area contributed by atoms with E-state index in [2.05, 4.69) is 9.97 Å². The van der Waals surface area contributed by atoms with Crippen molar-refractivity contribution in [2.45, 2.75) is 12.7 Å². The molecule has 0 aliphatic heterocycles. The second-order valence-corrected chi connectivity index (χ2v) is 5.93. The summed E-state index contributed by atoms with van der Waals surface area (Å²) in [6.45, 7) is 0.332. The summed E-state index contributed by atoms with van der Waals surface area (Å²) in [7, 11) is 4.75. The van der Waals surface area contributed by atoms with Crippen LogP contribution in [0.3, 0.4) is 0 Å². The molecule has 0 radical (unpaired) electrons. The molecule has 1 aromatic heterocycles. The van der Waals surface area contributed by atoms with Crippen LogP contribution in [0.25, 0.3) is 10.9 Å². The van der Waals surface area contributed by atoms with Gasteiger partial charge in [-0.05, 0) is 29.8 Å². The predicted molar refractivity (Wildman–Crippen MR) is 96.2 cm³/mol. The van der Waals surface area contributed by atoms with Gasteiger partial charge in [-0.15, -0.1) is 0 Å². The second-order valence-electron chi connectivity index (χ2n) is 5.93. The van der Waals surface area contributed by atoms with Crippen molar-refractivity contribution in [1.29, 1.82) is 0 Å². The zero-order valence-electron chi connectivity index (χ0n) is 15.0. The molecule has 0 fully saturated rings. The van der Waals surface area contributed by atoms with E-state index in [1.165, 1.54) is 14.2 Å². The number of hydrogen-bond donors (Lipinski definition) is 0. The molecule has 0 N–H and O–H groups in total. The summed E-state index contributed by atoms with van der Waals surface area (Å²) >= 11 is 0. The Kier molecular flexibility index (Phi) is 5.07. The molecule has 3 aromatic rings. The third kappa shape index (κ3) is 3.89. The predicted octanol–water partition coefficient (Wildman–Crippen LogP) is 4.30.